The molecule has 7 nitrogen and oxygen atoms in total. The molecule has 7 heteroatoms. The van der Waals surface area contributed by atoms with Crippen molar-refractivity contribution in [1.82, 2.24) is 14.7 Å². The van der Waals surface area contributed by atoms with Crippen LogP contribution in [0.25, 0.3) is 0 Å². The Labute approximate surface area is 124 Å². The van der Waals surface area contributed by atoms with Crippen LogP contribution < -0.4 is 0 Å². The minimum Gasteiger partial charge on any atom is -0.481 e. The van der Waals surface area contributed by atoms with Crippen molar-refractivity contribution in [3.63, 3.8) is 0 Å². The number of carboxylic acid groups (broad SMARTS) is 1. The van der Waals surface area contributed by atoms with Gasteiger partial charge in [0.1, 0.15) is 6.54 Å². The van der Waals surface area contributed by atoms with Crippen molar-refractivity contribution in [2.75, 3.05) is 39.8 Å². The highest BCUT2D eigenvalue weighted by Crippen LogP contribution is 2.38. The zero-order chi connectivity index (χ0) is 15.8. The second-order valence-electron chi connectivity index (χ2n) is 6.31. The summed E-state index contributed by atoms with van der Waals surface area (Å²) in [6.07, 6.45) is 0.466. The van der Waals surface area contributed by atoms with E-state index < -0.39 is 11.4 Å². The van der Waals surface area contributed by atoms with E-state index in [0.717, 1.165) is 0 Å². The van der Waals surface area contributed by atoms with Crippen LogP contribution in [0.3, 0.4) is 0 Å². The van der Waals surface area contributed by atoms with Crippen LogP contribution in [0.15, 0.2) is 0 Å². The smallest absolute Gasteiger partial charge is 0.320 e. The monoisotopic (exact) mass is 297 g/mol. The predicted octanol–water partition coefficient (Wildman–Crippen LogP) is 0.313. The maximum Gasteiger partial charge on any atom is 0.320 e. The summed E-state index contributed by atoms with van der Waals surface area (Å²) >= 11 is 0. The van der Waals surface area contributed by atoms with Crippen LogP contribution in [0.5, 0.6) is 0 Å². The zero-order valence-electron chi connectivity index (χ0n) is 12.8. The molecule has 118 valence electrons. The first-order valence-corrected chi connectivity index (χ1v) is 7.29. The number of likely N-dealkylation sites (tertiary alicyclic amines) is 1. The first kappa shape index (κ1) is 15.6. The van der Waals surface area contributed by atoms with E-state index in [4.69, 9.17) is 0 Å². The SMILES string of the molecule is CC(C)C1(C(=O)O)CCN(C(=O)N2CCN(C)C(=O)C2)C1. The third-order valence-corrected chi connectivity index (χ3v) is 4.83. The van der Waals surface area contributed by atoms with E-state index in [1.165, 1.54) is 4.90 Å². The molecule has 21 heavy (non-hydrogen) atoms. The van der Waals surface area contributed by atoms with Gasteiger partial charge in [0.05, 0.1) is 5.41 Å². The van der Waals surface area contributed by atoms with Gasteiger partial charge < -0.3 is 19.8 Å². The van der Waals surface area contributed by atoms with Gasteiger partial charge in [-0.15, -0.1) is 0 Å². The number of urea groups is 1. The summed E-state index contributed by atoms with van der Waals surface area (Å²) in [5.74, 6) is -0.966. The minimum atomic E-state index is -0.869. The van der Waals surface area contributed by atoms with Gasteiger partial charge in [-0.05, 0) is 12.3 Å². The topological polar surface area (TPSA) is 81.2 Å². The third kappa shape index (κ3) is 2.69. The van der Waals surface area contributed by atoms with Gasteiger partial charge in [0.15, 0.2) is 0 Å². The number of piperazine rings is 1. The quantitative estimate of drug-likeness (QED) is 0.795. The molecule has 0 aromatic heterocycles. The van der Waals surface area contributed by atoms with Crippen molar-refractivity contribution >= 4 is 17.9 Å². The van der Waals surface area contributed by atoms with Crippen LogP contribution >= 0.6 is 0 Å². The molecule has 1 N–H and O–H groups in total. The van der Waals surface area contributed by atoms with E-state index in [1.807, 2.05) is 13.8 Å². The van der Waals surface area contributed by atoms with E-state index in [1.54, 1.807) is 16.8 Å². The van der Waals surface area contributed by atoms with E-state index in [0.29, 0.717) is 26.1 Å². The van der Waals surface area contributed by atoms with Crippen LogP contribution in [-0.2, 0) is 9.59 Å². The largest absolute Gasteiger partial charge is 0.481 e. The number of carboxylic acids is 1. The molecular weight excluding hydrogens is 274 g/mol. The van der Waals surface area contributed by atoms with Crippen LogP contribution in [0.4, 0.5) is 4.79 Å². The normalized spacial score (nSPS) is 26.7. The van der Waals surface area contributed by atoms with Crippen molar-refractivity contribution in [2.45, 2.75) is 20.3 Å². The number of amides is 3. The van der Waals surface area contributed by atoms with Crippen LogP contribution in [0.2, 0.25) is 0 Å². The van der Waals surface area contributed by atoms with E-state index >= 15 is 0 Å². The zero-order valence-corrected chi connectivity index (χ0v) is 12.8. The second kappa shape index (κ2) is 5.54. The van der Waals surface area contributed by atoms with Gasteiger partial charge in [-0.25, -0.2) is 4.79 Å². The highest BCUT2D eigenvalue weighted by atomic mass is 16.4. The fourth-order valence-corrected chi connectivity index (χ4v) is 3.01. The Morgan fingerprint density at radius 2 is 1.86 bits per heavy atom. The first-order valence-electron chi connectivity index (χ1n) is 7.29. The van der Waals surface area contributed by atoms with Crippen LogP contribution in [0, 0.1) is 11.3 Å². The summed E-state index contributed by atoms with van der Waals surface area (Å²) in [5.41, 5.74) is -0.869. The van der Waals surface area contributed by atoms with Gasteiger partial charge in [-0.1, -0.05) is 13.8 Å². The maximum atomic E-state index is 12.5. The van der Waals surface area contributed by atoms with Gasteiger partial charge >= 0.3 is 12.0 Å². The molecule has 1 atom stereocenters. The second-order valence-corrected chi connectivity index (χ2v) is 6.31. The molecule has 1 unspecified atom stereocenters. The molecule has 2 aliphatic rings. The fourth-order valence-electron chi connectivity index (χ4n) is 3.01. The van der Waals surface area contributed by atoms with Crippen molar-refractivity contribution in [2.24, 2.45) is 11.3 Å². The molecule has 0 bridgehead atoms. The lowest BCUT2D eigenvalue weighted by Gasteiger charge is -2.35. The van der Waals surface area contributed by atoms with E-state index in [2.05, 4.69) is 0 Å². The number of hydrogen-bond donors (Lipinski definition) is 1. The fraction of sp³-hybridized carbons (Fsp3) is 0.786. The molecule has 3 amide bonds. The average molecular weight is 297 g/mol. The molecule has 2 rings (SSSR count). The first-order chi connectivity index (χ1) is 9.78. The van der Waals surface area contributed by atoms with Gasteiger partial charge in [-0.2, -0.15) is 0 Å². The lowest BCUT2D eigenvalue weighted by atomic mass is 9.76. The summed E-state index contributed by atoms with van der Waals surface area (Å²) in [6.45, 7) is 5.51. The molecule has 0 aromatic rings. The van der Waals surface area contributed by atoms with Crippen molar-refractivity contribution in [1.29, 1.82) is 0 Å². The Morgan fingerprint density at radius 1 is 1.19 bits per heavy atom. The maximum absolute atomic E-state index is 12.5. The van der Waals surface area contributed by atoms with Crippen molar-refractivity contribution in [3.05, 3.63) is 0 Å². The summed E-state index contributed by atoms with van der Waals surface area (Å²) in [4.78, 5) is 40.4. The van der Waals surface area contributed by atoms with Gasteiger partial charge in [0, 0.05) is 33.2 Å². The van der Waals surface area contributed by atoms with Crippen LogP contribution in [-0.4, -0.2) is 77.5 Å². The summed E-state index contributed by atoms with van der Waals surface area (Å²) < 4.78 is 0. The van der Waals surface area contributed by atoms with Gasteiger partial charge in [-0.3, -0.25) is 9.59 Å². The molecule has 2 saturated heterocycles. The Kier molecular flexibility index (Phi) is 4.11. The summed E-state index contributed by atoms with van der Waals surface area (Å²) in [5, 5.41) is 9.51. The van der Waals surface area contributed by atoms with Crippen molar-refractivity contribution in [3.8, 4) is 0 Å². The molecular formula is C14H23N3O4. The molecule has 0 spiro atoms. The molecule has 2 aliphatic heterocycles. The Hall–Kier alpha value is -1.79. The van der Waals surface area contributed by atoms with Gasteiger partial charge in [0.2, 0.25) is 5.91 Å². The summed E-state index contributed by atoms with van der Waals surface area (Å²) in [7, 11) is 1.72. The van der Waals surface area contributed by atoms with E-state index in [-0.39, 0.29) is 30.9 Å². The molecule has 0 aromatic carbocycles. The van der Waals surface area contributed by atoms with Gasteiger partial charge in [0.25, 0.3) is 0 Å². The number of carbonyl (C=O) groups is 3. The predicted molar refractivity (Wildman–Crippen MR) is 75.7 cm³/mol. The Balaban J connectivity index is 2.05. The average Bonchev–Trinajstić information content (AvgIpc) is 2.87. The third-order valence-electron chi connectivity index (χ3n) is 4.83. The lowest BCUT2D eigenvalue weighted by Crippen LogP contribution is -2.54. The molecule has 0 radical (unpaired) electrons. The van der Waals surface area contributed by atoms with Crippen molar-refractivity contribution < 1.29 is 19.5 Å². The summed E-state index contributed by atoms with van der Waals surface area (Å²) in [6, 6.07) is -0.222. The number of rotatable bonds is 2. The number of likely N-dealkylation sites (N-methyl/N-ethyl adjacent to an activating group) is 1. The molecule has 2 fully saturated rings. The number of nitrogens with zero attached hydrogens (tertiary/aromatic N) is 3. The Morgan fingerprint density at radius 3 is 2.33 bits per heavy atom. The molecule has 0 saturated carbocycles. The lowest BCUT2D eigenvalue weighted by molar-refractivity contribution is -0.150. The Bertz CT molecular complexity index is 465. The number of carbonyl (C=O) groups excluding carboxylic acids is 2. The number of hydrogen-bond acceptors (Lipinski definition) is 3. The standard InChI is InChI=1S/C14H23N3O4/c1-10(2)14(12(19)20)4-5-17(9-14)13(21)16-7-6-15(3)11(18)8-16/h10H,4-9H2,1-3H3,(H,19,20). The highest BCUT2D eigenvalue weighted by Gasteiger charge is 2.49. The van der Waals surface area contributed by atoms with E-state index in [9.17, 15) is 19.5 Å². The molecule has 2 heterocycles. The van der Waals surface area contributed by atoms with Crippen LogP contribution in [0.1, 0.15) is 20.3 Å². The minimum absolute atomic E-state index is 0.0399. The number of aliphatic carboxylic acids is 1. The molecule has 0 aliphatic carbocycles. The highest BCUT2D eigenvalue weighted by molar-refractivity contribution is 5.86.